The highest BCUT2D eigenvalue weighted by Gasteiger charge is 2.68. The van der Waals surface area contributed by atoms with Gasteiger partial charge in [0.25, 0.3) is 0 Å². The van der Waals surface area contributed by atoms with Gasteiger partial charge in [0.15, 0.2) is 12.6 Å². The fraction of sp³-hybridized carbons (Fsp3) is 0.914. The molecule has 0 spiro atoms. The van der Waals surface area contributed by atoms with Crippen LogP contribution < -0.4 is 0 Å². The molecule has 18 atom stereocenters. The Balaban J connectivity index is 0.990. The fourth-order valence-electron chi connectivity index (χ4n) is 11.4. The highest BCUT2D eigenvalue weighted by molar-refractivity contribution is 5.85. The number of hydrogen-bond acceptors (Lipinski definition) is 14. The van der Waals surface area contributed by atoms with Crippen LogP contribution in [0.15, 0.2) is 11.6 Å². The van der Waals surface area contributed by atoms with Crippen molar-refractivity contribution in [2.75, 3.05) is 19.8 Å². The molecule has 14 heteroatoms. The van der Waals surface area contributed by atoms with Gasteiger partial charge in [-0.25, -0.2) is 4.79 Å². The van der Waals surface area contributed by atoms with Gasteiger partial charge < -0.3 is 64.5 Å². The van der Waals surface area contributed by atoms with E-state index < -0.39 is 80.2 Å². The predicted octanol–water partition coefficient (Wildman–Crippen LogP) is -0.747. The van der Waals surface area contributed by atoms with Crippen LogP contribution in [0.2, 0.25) is 0 Å². The molecule has 2 saturated heterocycles. The maximum atomic E-state index is 12.5. The van der Waals surface area contributed by atoms with Crippen molar-refractivity contribution >= 4 is 5.97 Å². The molecule has 4 saturated carbocycles. The Morgan fingerprint density at radius 2 is 1.47 bits per heavy atom. The average molecular weight is 699 g/mol. The minimum atomic E-state index is -1.74. The lowest BCUT2D eigenvalue weighted by atomic mass is 9.43. The van der Waals surface area contributed by atoms with Crippen LogP contribution in [0.1, 0.15) is 71.6 Å². The van der Waals surface area contributed by atoms with E-state index >= 15 is 0 Å². The van der Waals surface area contributed by atoms with Crippen molar-refractivity contribution in [3.05, 3.63) is 11.6 Å². The van der Waals surface area contributed by atoms with Crippen molar-refractivity contribution in [2.24, 2.45) is 34.5 Å². The van der Waals surface area contributed by atoms with Crippen molar-refractivity contribution < 1.29 is 69.3 Å². The van der Waals surface area contributed by atoms with E-state index in [9.17, 15) is 45.6 Å². The molecule has 7 rings (SSSR count). The number of carbonyl (C=O) groups is 1. The van der Waals surface area contributed by atoms with Crippen LogP contribution in [-0.2, 0) is 28.5 Å². The van der Waals surface area contributed by atoms with Gasteiger partial charge >= 0.3 is 5.97 Å². The molecule has 0 aromatic rings. The van der Waals surface area contributed by atoms with E-state index in [0.717, 1.165) is 56.9 Å². The maximum Gasteiger partial charge on any atom is 0.331 e. The van der Waals surface area contributed by atoms with Crippen LogP contribution in [0.3, 0.4) is 0 Å². The third-order valence-electron chi connectivity index (χ3n) is 14.2. The van der Waals surface area contributed by atoms with Crippen LogP contribution in [0.25, 0.3) is 0 Å². The van der Waals surface area contributed by atoms with E-state index in [1.165, 1.54) is 0 Å². The Labute approximate surface area is 285 Å². The number of hydrogen-bond donors (Lipinski definition) is 8. The van der Waals surface area contributed by atoms with Crippen molar-refractivity contribution in [2.45, 2.75) is 145 Å². The Bertz CT molecular complexity index is 1260. The summed E-state index contributed by atoms with van der Waals surface area (Å²) >= 11 is 0. The number of esters is 1. The summed E-state index contributed by atoms with van der Waals surface area (Å²) in [5.74, 6) is 0.683. The number of cyclic esters (lactones) is 1. The van der Waals surface area contributed by atoms with Gasteiger partial charge in [-0.2, -0.15) is 0 Å². The Morgan fingerprint density at radius 1 is 0.776 bits per heavy atom. The Hall–Kier alpha value is -1.27. The topological polar surface area (TPSA) is 225 Å². The van der Waals surface area contributed by atoms with Gasteiger partial charge in [0.2, 0.25) is 0 Å². The molecule has 278 valence electrons. The monoisotopic (exact) mass is 698 g/mol. The first kappa shape index (κ1) is 36.1. The molecule has 0 unspecified atom stereocenters. The molecule has 0 amide bonds. The van der Waals surface area contributed by atoms with Gasteiger partial charge in [-0.3, -0.25) is 0 Å². The molecule has 0 aromatic carbocycles. The highest BCUT2D eigenvalue weighted by atomic mass is 16.7. The Morgan fingerprint density at radius 3 is 2.16 bits per heavy atom. The van der Waals surface area contributed by atoms with E-state index in [2.05, 4.69) is 13.8 Å². The summed E-state index contributed by atoms with van der Waals surface area (Å²) in [5.41, 5.74) is -0.0991. The van der Waals surface area contributed by atoms with Gasteiger partial charge in [0.1, 0.15) is 55.4 Å². The Kier molecular flexibility index (Phi) is 9.80. The first-order valence-electron chi connectivity index (χ1n) is 18.1. The van der Waals surface area contributed by atoms with Crippen LogP contribution in [0.5, 0.6) is 0 Å². The zero-order valence-electron chi connectivity index (χ0n) is 28.3. The van der Waals surface area contributed by atoms with E-state index in [4.69, 9.17) is 23.7 Å². The summed E-state index contributed by atoms with van der Waals surface area (Å²) in [5, 5.41) is 84.9. The van der Waals surface area contributed by atoms with Crippen LogP contribution in [0.4, 0.5) is 0 Å². The quantitative estimate of drug-likeness (QED) is 0.121. The minimum absolute atomic E-state index is 0.00679. The second-order valence-electron chi connectivity index (χ2n) is 16.3. The largest absolute Gasteiger partial charge is 0.458 e. The minimum Gasteiger partial charge on any atom is -0.458 e. The van der Waals surface area contributed by atoms with Crippen molar-refractivity contribution in [1.82, 2.24) is 0 Å². The molecule has 14 nitrogen and oxygen atoms in total. The van der Waals surface area contributed by atoms with Gasteiger partial charge in [0.05, 0.1) is 24.9 Å². The number of fused-ring (bicyclic) bond motifs is 5. The van der Waals surface area contributed by atoms with Crippen molar-refractivity contribution in [1.29, 1.82) is 0 Å². The van der Waals surface area contributed by atoms with Crippen LogP contribution in [-0.4, -0.2) is 140 Å². The van der Waals surface area contributed by atoms with Gasteiger partial charge in [-0.15, -0.1) is 0 Å². The zero-order chi connectivity index (χ0) is 35.0. The fourth-order valence-corrected chi connectivity index (χ4v) is 11.4. The third-order valence-corrected chi connectivity index (χ3v) is 14.2. The zero-order valence-corrected chi connectivity index (χ0v) is 28.3. The number of rotatable bonds is 7. The van der Waals surface area contributed by atoms with Crippen molar-refractivity contribution in [3.63, 3.8) is 0 Å². The molecule has 6 fully saturated rings. The van der Waals surface area contributed by atoms with Crippen LogP contribution >= 0.6 is 0 Å². The lowest BCUT2D eigenvalue weighted by Gasteiger charge is -2.64. The molecule has 0 aromatic heterocycles. The van der Waals surface area contributed by atoms with E-state index in [1.807, 2.05) is 0 Å². The van der Waals surface area contributed by atoms with Gasteiger partial charge in [-0.05, 0) is 92.4 Å². The summed E-state index contributed by atoms with van der Waals surface area (Å²) in [6.07, 6.45) is -5.96. The SMILES string of the molecule is C[C@]12CC[C@H](O[C@H]3O[C@@H](CO)[C@H](O[C@H]4O[C@@H](CO)[C@H](O)[C@@H](O)[C@@H]4O)[C@@H](O)[C@@H]3O)C[C@@H]1CC[C@@H]1[C@@H]2CC[C@]2(C)[C@H](C3=CC(=O)OC3)CC[C@]12O. The standard InChI is InChI=1S/C35H54O14/c1-33-8-5-18(46-31-29(43)27(41)30(23(14-37)48-31)49-32-28(42)26(40)25(39)22(13-36)47-32)12-17(33)3-4-21-20(33)6-9-34(2)19(7-10-35(21,34)44)16-11-24(38)45-15-16/h11,17-23,25-32,36-37,39-44H,3-10,12-15H2,1-2H3/t17-,18-,19-,20-,21+,22-,23-,25-,26+,27-,28-,29-,30-,31-,32+,33-,34+,35-/m0/s1. The first-order valence-corrected chi connectivity index (χ1v) is 18.1. The summed E-state index contributed by atoms with van der Waals surface area (Å²) in [4.78, 5) is 11.9. The second-order valence-corrected chi connectivity index (χ2v) is 16.3. The average Bonchev–Trinajstić information content (AvgIpc) is 3.63. The second kappa shape index (κ2) is 13.3. The number of aliphatic hydroxyl groups excluding tert-OH is 7. The molecule has 3 heterocycles. The summed E-state index contributed by atoms with van der Waals surface area (Å²) in [6, 6.07) is 0. The molecular formula is C35H54O14. The molecule has 7 aliphatic rings. The van der Waals surface area contributed by atoms with Crippen molar-refractivity contribution in [3.8, 4) is 0 Å². The van der Waals surface area contributed by atoms with Crippen LogP contribution in [0, 0.1) is 34.5 Å². The summed E-state index contributed by atoms with van der Waals surface area (Å²) in [7, 11) is 0. The number of ether oxygens (including phenoxy) is 5. The lowest BCUT2D eigenvalue weighted by Crippen LogP contribution is -2.65. The van der Waals surface area contributed by atoms with E-state index in [0.29, 0.717) is 24.9 Å². The number of carbonyl (C=O) groups excluding carboxylic acids is 1. The smallest absolute Gasteiger partial charge is 0.331 e. The molecule has 49 heavy (non-hydrogen) atoms. The third kappa shape index (κ3) is 5.73. The molecule has 8 N–H and O–H groups in total. The normalized spacial score (nSPS) is 54.4. The first-order chi connectivity index (χ1) is 23.3. The molecule has 4 aliphatic carbocycles. The lowest BCUT2D eigenvalue weighted by molar-refractivity contribution is -0.364. The van der Waals surface area contributed by atoms with E-state index in [-0.39, 0.29) is 34.7 Å². The molecule has 0 radical (unpaired) electrons. The molecule has 3 aliphatic heterocycles. The van der Waals surface area contributed by atoms with Gasteiger partial charge in [-0.1, -0.05) is 13.8 Å². The highest BCUT2D eigenvalue weighted by Crippen LogP contribution is 2.70. The number of aliphatic hydroxyl groups is 8. The summed E-state index contributed by atoms with van der Waals surface area (Å²) < 4.78 is 28.6. The molecular weight excluding hydrogens is 644 g/mol. The van der Waals surface area contributed by atoms with E-state index in [1.54, 1.807) is 6.08 Å². The molecule has 0 bridgehead atoms. The summed E-state index contributed by atoms with van der Waals surface area (Å²) in [6.45, 7) is 3.60. The van der Waals surface area contributed by atoms with Gasteiger partial charge in [0, 0.05) is 11.5 Å². The predicted molar refractivity (Wildman–Crippen MR) is 167 cm³/mol. The maximum absolute atomic E-state index is 12.5.